The van der Waals surface area contributed by atoms with Gasteiger partial charge < -0.3 is 20.3 Å². The molecule has 2 atom stereocenters. The van der Waals surface area contributed by atoms with Gasteiger partial charge in [-0.15, -0.1) is 0 Å². The Kier molecular flexibility index (Phi) is 61.4. The number of amides is 1. The minimum Gasteiger partial charge on any atom is -0.466 e. The number of ether oxygens (including phenoxy) is 1. The van der Waals surface area contributed by atoms with Gasteiger partial charge in [-0.3, -0.25) is 9.59 Å². The maximum Gasteiger partial charge on any atom is 0.305 e. The molecular weight excluding hydrogens is 899 g/mol. The van der Waals surface area contributed by atoms with Crippen LogP contribution in [0.25, 0.3) is 0 Å². The van der Waals surface area contributed by atoms with E-state index in [-0.39, 0.29) is 18.5 Å². The van der Waals surface area contributed by atoms with E-state index < -0.39 is 12.1 Å². The Bertz CT molecular complexity index is 1140. The Balaban J connectivity index is 3.45. The minimum absolute atomic E-state index is 0.00976. The molecule has 0 heterocycles. The van der Waals surface area contributed by atoms with Crippen LogP contribution in [0.4, 0.5) is 0 Å². The molecule has 6 heteroatoms. The monoisotopic (exact) mass is 1030 g/mol. The number of aliphatic hydroxyl groups excluding tert-OH is 2. The summed E-state index contributed by atoms with van der Waals surface area (Å²) in [7, 11) is 0. The molecule has 0 aromatic heterocycles. The maximum atomic E-state index is 12.5. The van der Waals surface area contributed by atoms with E-state index in [1.54, 1.807) is 6.08 Å². The van der Waals surface area contributed by atoms with E-state index in [9.17, 15) is 19.8 Å². The number of nitrogens with one attached hydrogen (secondary N) is 1. The summed E-state index contributed by atoms with van der Waals surface area (Å²) < 4.78 is 5.48. The highest BCUT2D eigenvalue weighted by Crippen LogP contribution is 2.18. The lowest BCUT2D eigenvalue weighted by atomic mass is 10.0. The van der Waals surface area contributed by atoms with Gasteiger partial charge in [-0.1, -0.05) is 321 Å². The molecule has 0 aliphatic carbocycles. The number of rotatable bonds is 62. The van der Waals surface area contributed by atoms with Gasteiger partial charge in [-0.2, -0.15) is 0 Å². The lowest BCUT2D eigenvalue weighted by Crippen LogP contribution is -2.45. The Morgan fingerprint density at radius 2 is 0.644 bits per heavy atom. The molecule has 0 aromatic carbocycles. The third-order valence-electron chi connectivity index (χ3n) is 15.5. The number of unbranched alkanes of at least 4 members (excludes halogenated alkanes) is 49. The summed E-state index contributed by atoms with van der Waals surface area (Å²) in [5.41, 5.74) is 0. The Labute approximate surface area is 456 Å². The molecule has 0 bridgehead atoms. The number of aliphatic hydroxyl groups is 2. The average Bonchev–Trinajstić information content (AvgIpc) is 3.39. The first-order valence-electron chi connectivity index (χ1n) is 33.1. The van der Waals surface area contributed by atoms with Crippen LogP contribution in [-0.4, -0.2) is 47.4 Å². The number of esters is 1. The molecule has 0 aliphatic rings. The second kappa shape index (κ2) is 62.9. The van der Waals surface area contributed by atoms with Gasteiger partial charge in [0.2, 0.25) is 5.91 Å². The first-order chi connectivity index (χ1) is 36.0. The summed E-state index contributed by atoms with van der Waals surface area (Å²) in [6.07, 6.45) is 78.0. The molecule has 2 unspecified atom stereocenters. The highest BCUT2D eigenvalue weighted by atomic mass is 16.5. The van der Waals surface area contributed by atoms with Crippen LogP contribution in [0.3, 0.4) is 0 Å². The van der Waals surface area contributed by atoms with Crippen LogP contribution in [0.15, 0.2) is 24.3 Å². The van der Waals surface area contributed by atoms with Gasteiger partial charge in [0.05, 0.1) is 25.4 Å². The number of hydrogen-bond acceptors (Lipinski definition) is 5. The predicted octanol–water partition coefficient (Wildman–Crippen LogP) is 21.0. The Morgan fingerprint density at radius 1 is 0.370 bits per heavy atom. The van der Waals surface area contributed by atoms with Crippen molar-refractivity contribution in [3.8, 4) is 0 Å². The average molecular weight is 1030 g/mol. The second-order valence-electron chi connectivity index (χ2n) is 22.8. The summed E-state index contributed by atoms with van der Waals surface area (Å²) >= 11 is 0. The van der Waals surface area contributed by atoms with Crippen LogP contribution in [0.2, 0.25) is 0 Å². The van der Waals surface area contributed by atoms with Crippen LogP contribution in [0.1, 0.15) is 367 Å². The Hall–Kier alpha value is -1.66. The Morgan fingerprint density at radius 3 is 0.973 bits per heavy atom. The molecule has 432 valence electrons. The third kappa shape index (κ3) is 59.4. The van der Waals surface area contributed by atoms with E-state index in [0.29, 0.717) is 19.4 Å². The molecule has 0 rings (SSSR count). The molecule has 0 spiro atoms. The van der Waals surface area contributed by atoms with E-state index in [0.717, 1.165) is 44.9 Å². The zero-order valence-electron chi connectivity index (χ0n) is 49.4. The summed E-state index contributed by atoms with van der Waals surface area (Å²) in [5, 5.41) is 23.2. The van der Waals surface area contributed by atoms with Crippen molar-refractivity contribution in [2.24, 2.45) is 0 Å². The van der Waals surface area contributed by atoms with Crippen molar-refractivity contribution in [3.05, 3.63) is 24.3 Å². The van der Waals surface area contributed by atoms with Crippen molar-refractivity contribution in [1.82, 2.24) is 5.32 Å². The van der Waals surface area contributed by atoms with Crippen molar-refractivity contribution < 1.29 is 24.5 Å². The molecule has 0 fully saturated rings. The molecule has 0 radical (unpaired) electrons. The van der Waals surface area contributed by atoms with E-state index in [1.807, 2.05) is 6.08 Å². The summed E-state index contributed by atoms with van der Waals surface area (Å²) in [5.74, 6) is -0.0623. The van der Waals surface area contributed by atoms with Gasteiger partial charge in [0.25, 0.3) is 0 Å². The molecular formula is C67H129NO5. The van der Waals surface area contributed by atoms with Gasteiger partial charge in [0, 0.05) is 12.8 Å². The lowest BCUT2D eigenvalue weighted by Gasteiger charge is -2.20. The van der Waals surface area contributed by atoms with Gasteiger partial charge in [0.15, 0.2) is 0 Å². The van der Waals surface area contributed by atoms with Crippen molar-refractivity contribution >= 4 is 11.9 Å². The van der Waals surface area contributed by atoms with Crippen LogP contribution in [0.5, 0.6) is 0 Å². The quantitative estimate of drug-likeness (QED) is 0.0320. The van der Waals surface area contributed by atoms with Crippen molar-refractivity contribution in [2.45, 2.75) is 379 Å². The van der Waals surface area contributed by atoms with Crippen molar-refractivity contribution in [3.63, 3.8) is 0 Å². The zero-order chi connectivity index (χ0) is 52.9. The normalized spacial score (nSPS) is 12.7. The molecule has 3 N–H and O–H groups in total. The van der Waals surface area contributed by atoms with Gasteiger partial charge >= 0.3 is 5.97 Å². The number of hydrogen-bond donors (Lipinski definition) is 3. The highest BCUT2D eigenvalue weighted by Gasteiger charge is 2.18. The fourth-order valence-corrected chi connectivity index (χ4v) is 10.4. The SMILES string of the molecule is CCCCCCCCCCCCCCCCCCCCCC/C=C/C(O)C(CO)NC(=O)CCCCCCCCC/C=C\CCCCCCCCCCCCOC(=O)CCCCCCCCCCCCCCC. The number of allylic oxidation sites excluding steroid dienone is 3. The van der Waals surface area contributed by atoms with Crippen LogP contribution < -0.4 is 5.32 Å². The fourth-order valence-electron chi connectivity index (χ4n) is 10.4. The molecule has 0 saturated heterocycles. The van der Waals surface area contributed by atoms with Gasteiger partial charge in [-0.05, 0) is 57.8 Å². The summed E-state index contributed by atoms with van der Waals surface area (Å²) in [6.45, 7) is 4.93. The summed E-state index contributed by atoms with van der Waals surface area (Å²) in [4.78, 5) is 24.5. The maximum absolute atomic E-state index is 12.5. The van der Waals surface area contributed by atoms with E-state index in [1.165, 1.54) is 295 Å². The number of carbonyl (C=O) groups is 2. The van der Waals surface area contributed by atoms with E-state index in [4.69, 9.17) is 4.74 Å². The molecule has 6 nitrogen and oxygen atoms in total. The number of carbonyl (C=O) groups excluding carboxylic acids is 2. The summed E-state index contributed by atoms with van der Waals surface area (Å²) in [6, 6.07) is -0.634. The largest absolute Gasteiger partial charge is 0.466 e. The second-order valence-corrected chi connectivity index (χ2v) is 22.8. The standard InChI is InChI=1S/C67H129NO5/c1-3-5-7-9-11-13-15-17-18-19-20-21-23-26-29-32-36-39-43-47-51-55-59-65(70)64(63-69)68-66(71)60-56-52-48-44-40-37-33-30-27-24-22-25-28-31-34-38-42-46-50-54-58-62-73-67(72)61-57-53-49-45-41-35-16-14-12-10-8-6-4-2/h24,27,55,59,64-65,69-70H,3-23,25-26,28-54,56-58,60-63H2,1-2H3,(H,68,71)/b27-24-,59-55+. The zero-order valence-corrected chi connectivity index (χ0v) is 49.4. The fraction of sp³-hybridized carbons (Fsp3) is 0.910. The molecule has 0 saturated carbocycles. The van der Waals surface area contributed by atoms with Crippen molar-refractivity contribution in [1.29, 1.82) is 0 Å². The topological polar surface area (TPSA) is 95.9 Å². The van der Waals surface area contributed by atoms with Gasteiger partial charge in [0.1, 0.15) is 0 Å². The molecule has 1 amide bonds. The van der Waals surface area contributed by atoms with E-state index >= 15 is 0 Å². The molecule has 0 aliphatic heterocycles. The van der Waals surface area contributed by atoms with Crippen molar-refractivity contribution in [2.75, 3.05) is 13.2 Å². The lowest BCUT2D eigenvalue weighted by molar-refractivity contribution is -0.143. The predicted molar refractivity (Wildman–Crippen MR) is 320 cm³/mol. The van der Waals surface area contributed by atoms with Crippen LogP contribution >= 0.6 is 0 Å². The third-order valence-corrected chi connectivity index (χ3v) is 15.5. The van der Waals surface area contributed by atoms with Crippen LogP contribution in [-0.2, 0) is 14.3 Å². The van der Waals surface area contributed by atoms with Gasteiger partial charge in [-0.25, -0.2) is 0 Å². The first kappa shape index (κ1) is 71.3. The first-order valence-corrected chi connectivity index (χ1v) is 33.1. The highest BCUT2D eigenvalue weighted by molar-refractivity contribution is 5.76. The van der Waals surface area contributed by atoms with E-state index in [2.05, 4.69) is 31.3 Å². The molecule has 0 aromatic rings. The van der Waals surface area contributed by atoms with Crippen LogP contribution in [0, 0.1) is 0 Å². The smallest absolute Gasteiger partial charge is 0.305 e. The molecule has 73 heavy (non-hydrogen) atoms. The minimum atomic E-state index is -0.850.